The van der Waals surface area contributed by atoms with E-state index in [1.807, 2.05) is 19.1 Å². The lowest BCUT2D eigenvalue weighted by Gasteiger charge is -2.00. The first-order chi connectivity index (χ1) is 8.68. The summed E-state index contributed by atoms with van der Waals surface area (Å²) in [5, 5.41) is 9.04. The molecule has 0 unspecified atom stereocenters. The highest BCUT2D eigenvalue weighted by Crippen LogP contribution is 2.14. The Kier molecular flexibility index (Phi) is 3.48. The Morgan fingerprint density at radius 1 is 1.28 bits per heavy atom. The summed E-state index contributed by atoms with van der Waals surface area (Å²) in [5.74, 6) is -0.368. The van der Waals surface area contributed by atoms with Crippen LogP contribution in [0.4, 0.5) is 5.82 Å². The fraction of sp³-hybridized carbons (Fsp3) is 0.0714. The molecule has 1 N–H and O–H groups in total. The van der Waals surface area contributed by atoms with Crippen molar-refractivity contribution in [3.8, 4) is 0 Å². The summed E-state index contributed by atoms with van der Waals surface area (Å²) in [6.45, 7) is 1.91. The van der Waals surface area contributed by atoms with Crippen LogP contribution in [0.2, 0.25) is 0 Å². The first-order valence-corrected chi connectivity index (χ1v) is 5.46. The standard InChI is InChI=1S/C14H12N2O2/c1-10-5-4-8-15-13(10)16-9-11-6-2-3-7-12(11)14(17)18/h2-9H,1H3,(H,17,18)/b16-9+. The number of carboxylic acids is 1. The van der Waals surface area contributed by atoms with Crippen LogP contribution in [0.1, 0.15) is 21.5 Å². The van der Waals surface area contributed by atoms with E-state index in [1.165, 1.54) is 6.21 Å². The van der Waals surface area contributed by atoms with Gasteiger partial charge in [0.25, 0.3) is 0 Å². The van der Waals surface area contributed by atoms with Gasteiger partial charge in [-0.05, 0) is 24.6 Å². The molecule has 1 heterocycles. The largest absolute Gasteiger partial charge is 0.478 e. The summed E-state index contributed by atoms with van der Waals surface area (Å²) < 4.78 is 0. The highest BCUT2D eigenvalue weighted by atomic mass is 16.4. The number of hydrogen-bond donors (Lipinski definition) is 1. The van der Waals surface area contributed by atoms with Crippen LogP contribution in [0.15, 0.2) is 47.6 Å². The van der Waals surface area contributed by atoms with Crippen molar-refractivity contribution >= 4 is 18.0 Å². The molecule has 0 fully saturated rings. The van der Waals surface area contributed by atoms with E-state index in [1.54, 1.807) is 30.5 Å². The van der Waals surface area contributed by atoms with Gasteiger partial charge < -0.3 is 5.11 Å². The second-order valence-corrected chi connectivity index (χ2v) is 3.79. The highest BCUT2D eigenvalue weighted by molar-refractivity contribution is 5.98. The minimum absolute atomic E-state index is 0.231. The molecule has 0 atom stereocenters. The number of aliphatic imine (C=N–C) groups is 1. The van der Waals surface area contributed by atoms with Crippen LogP contribution < -0.4 is 0 Å². The molecule has 4 heteroatoms. The van der Waals surface area contributed by atoms with E-state index in [4.69, 9.17) is 5.11 Å². The normalized spacial score (nSPS) is 10.7. The number of aryl methyl sites for hydroxylation is 1. The maximum absolute atomic E-state index is 11.0. The molecule has 0 radical (unpaired) electrons. The summed E-state index contributed by atoms with van der Waals surface area (Å²) in [6.07, 6.45) is 3.18. The van der Waals surface area contributed by atoms with E-state index < -0.39 is 5.97 Å². The highest BCUT2D eigenvalue weighted by Gasteiger charge is 2.06. The summed E-state index contributed by atoms with van der Waals surface area (Å²) in [6, 6.07) is 10.5. The molecule has 4 nitrogen and oxygen atoms in total. The van der Waals surface area contributed by atoms with E-state index in [0.29, 0.717) is 11.4 Å². The Balaban J connectivity index is 2.35. The Labute approximate surface area is 105 Å². The van der Waals surface area contributed by atoms with Gasteiger partial charge in [-0.2, -0.15) is 0 Å². The Hall–Kier alpha value is -2.49. The Bertz CT molecular complexity index is 606. The third-order valence-electron chi connectivity index (χ3n) is 2.50. The van der Waals surface area contributed by atoms with Gasteiger partial charge in [-0.25, -0.2) is 14.8 Å². The quantitative estimate of drug-likeness (QED) is 0.839. The molecule has 2 aromatic rings. The molecule has 0 saturated heterocycles. The molecule has 0 aliphatic rings. The molecule has 2 rings (SSSR count). The van der Waals surface area contributed by atoms with Gasteiger partial charge in [0.05, 0.1) is 5.56 Å². The third-order valence-corrected chi connectivity index (χ3v) is 2.50. The summed E-state index contributed by atoms with van der Waals surface area (Å²) in [7, 11) is 0. The first-order valence-electron chi connectivity index (χ1n) is 5.46. The number of carboxylic acid groups (broad SMARTS) is 1. The zero-order valence-electron chi connectivity index (χ0n) is 9.87. The number of pyridine rings is 1. The maximum Gasteiger partial charge on any atom is 0.336 e. The predicted molar refractivity (Wildman–Crippen MR) is 69.6 cm³/mol. The number of hydrogen-bond acceptors (Lipinski definition) is 3. The molecule has 18 heavy (non-hydrogen) atoms. The average Bonchev–Trinajstić information content (AvgIpc) is 2.38. The molecule has 0 bridgehead atoms. The molecular weight excluding hydrogens is 228 g/mol. The fourth-order valence-electron chi connectivity index (χ4n) is 1.55. The second-order valence-electron chi connectivity index (χ2n) is 3.79. The lowest BCUT2D eigenvalue weighted by Crippen LogP contribution is -2.01. The summed E-state index contributed by atoms with van der Waals surface area (Å²) >= 11 is 0. The van der Waals surface area contributed by atoms with E-state index in [9.17, 15) is 4.79 Å². The van der Waals surface area contributed by atoms with Crippen LogP contribution in [-0.2, 0) is 0 Å². The molecule has 90 valence electrons. The van der Waals surface area contributed by atoms with Crippen molar-refractivity contribution in [3.05, 3.63) is 59.3 Å². The van der Waals surface area contributed by atoms with Crippen LogP contribution >= 0.6 is 0 Å². The van der Waals surface area contributed by atoms with Gasteiger partial charge in [0.1, 0.15) is 0 Å². The van der Waals surface area contributed by atoms with Crippen LogP contribution in [-0.4, -0.2) is 22.3 Å². The number of aromatic nitrogens is 1. The van der Waals surface area contributed by atoms with Gasteiger partial charge in [0.2, 0.25) is 0 Å². The van der Waals surface area contributed by atoms with Crippen molar-refractivity contribution in [2.45, 2.75) is 6.92 Å². The summed E-state index contributed by atoms with van der Waals surface area (Å²) in [5.41, 5.74) is 1.74. The van der Waals surface area contributed by atoms with Crippen molar-refractivity contribution in [2.75, 3.05) is 0 Å². The van der Waals surface area contributed by atoms with E-state index >= 15 is 0 Å². The van der Waals surface area contributed by atoms with Gasteiger partial charge in [0.15, 0.2) is 5.82 Å². The van der Waals surface area contributed by atoms with Crippen LogP contribution in [0.5, 0.6) is 0 Å². The predicted octanol–water partition coefficient (Wildman–Crippen LogP) is 2.84. The maximum atomic E-state index is 11.0. The monoisotopic (exact) mass is 240 g/mol. The third kappa shape index (κ3) is 2.60. The van der Waals surface area contributed by atoms with E-state index in [0.717, 1.165) is 5.56 Å². The molecule has 1 aromatic heterocycles. The molecular formula is C14H12N2O2. The lowest BCUT2D eigenvalue weighted by molar-refractivity contribution is 0.0697. The smallest absolute Gasteiger partial charge is 0.336 e. The van der Waals surface area contributed by atoms with Crippen LogP contribution in [0, 0.1) is 6.92 Å². The Morgan fingerprint density at radius 3 is 2.78 bits per heavy atom. The van der Waals surface area contributed by atoms with Crippen LogP contribution in [0.25, 0.3) is 0 Å². The van der Waals surface area contributed by atoms with Crippen molar-refractivity contribution in [3.63, 3.8) is 0 Å². The number of rotatable bonds is 3. The zero-order chi connectivity index (χ0) is 13.0. The molecule has 0 amide bonds. The van der Waals surface area contributed by atoms with Gasteiger partial charge in [-0.15, -0.1) is 0 Å². The van der Waals surface area contributed by atoms with Gasteiger partial charge >= 0.3 is 5.97 Å². The molecule has 0 spiro atoms. The minimum Gasteiger partial charge on any atom is -0.478 e. The Morgan fingerprint density at radius 2 is 2.06 bits per heavy atom. The zero-order valence-corrected chi connectivity index (χ0v) is 9.87. The van der Waals surface area contributed by atoms with Crippen molar-refractivity contribution < 1.29 is 9.90 Å². The van der Waals surface area contributed by atoms with Gasteiger partial charge in [0, 0.05) is 18.0 Å². The minimum atomic E-state index is -0.963. The van der Waals surface area contributed by atoms with Gasteiger partial charge in [-0.1, -0.05) is 24.3 Å². The van der Waals surface area contributed by atoms with E-state index in [2.05, 4.69) is 9.98 Å². The number of nitrogens with zero attached hydrogens (tertiary/aromatic N) is 2. The van der Waals surface area contributed by atoms with Crippen LogP contribution in [0.3, 0.4) is 0 Å². The summed E-state index contributed by atoms with van der Waals surface area (Å²) in [4.78, 5) is 19.4. The lowest BCUT2D eigenvalue weighted by atomic mass is 10.1. The number of carbonyl (C=O) groups is 1. The van der Waals surface area contributed by atoms with Crippen molar-refractivity contribution in [2.24, 2.45) is 4.99 Å². The molecule has 0 aliphatic heterocycles. The molecule has 0 aliphatic carbocycles. The second kappa shape index (κ2) is 5.23. The molecule has 1 aromatic carbocycles. The average molecular weight is 240 g/mol. The first kappa shape index (κ1) is 12.0. The SMILES string of the molecule is Cc1cccnc1/N=C/c1ccccc1C(=O)O. The number of benzene rings is 1. The van der Waals surface area contributed by atoms with Gasteiger partial charge in [-0.3, -0.25) is 0 Å². The number of aromatic carboxylic acids is 1. The van der Waals surface area contributed by atoms with Crippen molar-refractivity contribution in [1.82, 2.24) is 4.98 Å². The van der Waals surface area contributed by atoms with Crippen molar-refractivity contribution in [1.29, 1.82) is 0 Å². The topological polar surface area (TPSA) is 62.5 Å². The fourth-order valence-corrected chi connectivity index (χ4v) is 1.55. The van der Waals surface area contributed by atoms with E-state index in [-0.39, 0.29) is 5.56 Å². The molecule has 0 saturated carbocycles.